The van der Waals surface area contributed by atoms with E-state index < -0.39 is 5.72 Å². The lowest BCUT2D eigenvalue weighted by Crippen LogP contribution is -2.54. The number of alkyl carbamates (subject to hydrolysis) is 1. The first-order valence-corrected chi connectivity index (χ1v) is 13.2. The Labute approximate surface area is 213 Å². The van der Waals surface area contributed by atoms with Crippen LogP contribution in [0.1, 0.15) is 36.8 Å². The molecular formula is C29H38N4O3. The third kappa shape index (κ3) is 5.75. The van der Waals surface area contributed by atoms with Crippen molar-refractivity contribution in [2.45, 2.75) is 37.8 Å². The number of hydrogen-bond donors (Lipinski definition) is 3. The largest absolute Gasteiger partial charge is 0.427 e. The summed E-state index contributed by atoms with van der Waals surface area (Å²) in [5.74, 6) is 0.479. The fraction of sp³-hybridized carbons (Fsp3) is 0.483. The molecule has 2 fully saturated rings. The molecule has 1 saturated carbocycles. The van der Waals surface area contributed by atoms with Gasteiger partial charge in [-0.05, 0) is 41.3 Å². The molecule has 3 unspecified atom stereocenters. The highest BCUT2D eigenvalue weighted by molar-refractivity contribution is 5.83. The van der Waals surface area contributed by atoms with E-state index in [1.807, 2.05) is 24.4 Å². The van der Waals surface area contributed by atoms with Crippen LogP contribution in [0, 0.1) is 5.92 Å². The van der Waals surface area contributed by atoms with Crippen LogP contribution < -0.4 is 10.6 Å². The molecule has 1 saturated heterocycles. The van der Waals surface area contributed by atoms with Gasteiger partial charge >= 0.3 is 6.09 Å². The van der Waals surface area contributed by atoms with Crippen molar-refractivity contribution in [3.05, 3.63) is 71.9 Å². The number of rotatable bonds is 9. The molecule has 1 aliphatic carbocycles. The fourth-order valence-electron chi connectivity index (χ4n) is 5.86. The SMILES string of the molecule is CC1CC(c2cccc3cc[nH]c23)C(NCCN2CCOCC2)(OC(=O)NCCc2ccccc2)C1. The number of morpholine rings is 1. The Bertz CT molecular complexity index is 1130. The average molecular weight is 491 g/mol. The van der Waals surface area contributed by atoms with Gasteiger partial charge in [-0.2, -0.15) is 0 Å². The molecule has 1 aliphatic heterocycles. The Morgan fingerprint density at radius 2 is 1.94 bits per heavy atom. The van der Waals surface area contributed by atoms with Gasteiger partial charge in [-0.15, -0.1) is 0 Å². The summed E-state index contributed by atoms with van der Waals surface area (Å²) < 4.78 is 11.9. The zero-order valence-corrected chi connectivity index (χ0v) is 21.2. The molecule has 1 aromatic heterocycles. The van der Waals surface area contributed by atoms with Gasteiger partial charge < -0.3 is 19.8 Å². The number of hydrogen-bond acceptors (Lipinski definition) is 5. The smallest absolute Gasteiger partial charge is 0.408 e. The lowest BCUT2D eigenvalue weighted by atomic mass is 9.89. The minimum Gasteiger partial charge on any atom is -0.427 e. The predicted octanol–water partition coefficient (Wildman–Crippen LogP) is 4.27. The van der Waals surface area contributed by atoms with Gasteiger partial charge in [0, 0.05) is 56.8 Å². The standard InChI is InChI=1S/C29H38N4O3/c1-22-20-26(25-9-5-8-24-11-13-30-27(24)25)29(21-22,32-14-15-33-16-18-35-19-17-33)36-28(34)31-12-10-23-6-3-2-4-7-23/h2-9,11,13,22,26,30,32H,10,12,14-21H2,1H3,(H,31,34). The van der Waals surface area contributed by atoms with E-state index in [9.17, 15) is 4.79 Å². The monoisotopic (exact) mass is 490 g/mol. The highest BCUT2D eigenvalue weighted by Gasteiger charge is 2.50. The Kier molecular flexibility index (Phi) is 7.90. The summed E-state index contributed by atoms with van der Waals surface area (Å²) in [6, 6.07) is 18.7. The summed E-state index contributed by atoms with van der Waals surface area (Å²) in [4.78, 5) is 19.0. The normalized spacial score (nSPS) is 24.7. The van der Waals surface area contributed by atoms with Gasteiger partial charge in [0.15, 0.2) is 5.72 Å². The Morgan fingerprint density at radius 3 is 2.78 bits per heavy atom. The second-order valence-corrected chi connectivity index (χ2v) is 10.2. The van der Waals surface area contributed by atoms with Gasteiger partial charge in [-0.1, -0.05) is 55.5 Å². The molecule has 3 atom stereocenters. The Morgan fingerprint density at radius 1 is 1.11 bits per heavy atom. The lowest BCUT2D eigenvalue weighted by molar-refractivity contribution is -0.0292. The molecule has 1 amide bonds. The van der Waals surface area contributed by atoms with E-state index >= 15 is 0 Å². The van der Waals surface area contributed by atoms with Crippen LogP contribution >= 0.6 is 0 Å². The highest BCUT2D eigenvalue weighted by Crippen LogP contribution is 2.48. The molecule has 5 rings (SSSR count). The van der Waals surface area contributed by atoms with Gasteiger partial charge in [0.05, 0.1) is 13.2 Å². The predicted molar refractivity (Wildman–Crippen MR) is 142 cm³/mol. The second kappa shape index (κ2) is 11.5. The number of fused-ring (bicyclic) bond motifs is 1. The number of ether oxygens (including phenoxy) is 2. The highest BCUT2D eigenvalue weighted by atomic mass is 16.6. The number of carbonyl (C=O) groups excluding carboxylic acids is 1. The van der Waals surface area contributed by atoms with Crippen LogP contribution in [0.15, 0.2) is 60.8 Å². The third-order valence-corrected chi connectivity index (χ3v) is 7.60. The summed E-state index contributed by atoms with van der Waals surface area (Å²) in [5, 5.41) is 7.93. The van der Waals surface area contributed by atoms with E-state index in [0.29, 0.717) is 12.5 Å². The summed E-state index contributed by atoms with van der Waals surface area (Å²) in [5.41, 5.74) is 2.77. The van der Waals surface area contributed by atoms with Crippen LogP contribution in [0.3, 0.4) is 0 Å². The maximum Gasteiger partial charge on any atom is 0.408 e. The summed E-state index contributed by atoms with van der Waals surface area (Å²) in [6.45, 7) is 7.89. The van der Waals surface area contributed by atoms with E-state index in [2.05, 4.69) is 63.8 Å². The van der Waals surface area contributed by atoms with Crippen LogP contribution in [-0.4, -0.2) is 67.6 Å². The van der Waals surface area contributed by atoms with Gasteiger partial charge in [-0.25, -0.2) is 4.79 Å². The van der Waals surface area contributed by atoms with Crippen LogP contribution in [0.2, 0.25) is 0 Å². The number of aromatic amines is 1. The molecule has 2 aliphatic rings. The van der Waals surface area contributed by atoms with Crippen molar-refractivity contribution in [3.63, 3.8) is 0 Å². The van der Waals surface area contributed by atoms with Gasteiger partial charge in [0.25, 0.3) is 0 Å². The van der Waals surface area contributed by atoms with Gasteiger partial charge in [0.2, 0.25) is 0 Å². The molecular weight excluding hydrogens is 452 g/mol. The quantitative estimate of drug-likeness (QED) is 0.391. The van der Waals surface area contributed by atoms with Crippen molar-refractivity contribution >= 4 is 17.0 Å². The molecule has 3 aromatic rings. The molecule has 192 valence electrons. The molecule has 0 spiro atoms. The number of nitrogens with zero attached hydrogens (tertiary/aromatic N) is 1. The van der Waals surface area contributed by atoms with Crippen molar-refractivity contribution in [1.82, 2.24) is 20.5 Å². The summed E-state index contributed by atoms with van der Waals surface area (Å²) in [7, 11) is 0. The molecule has 36 heavy (non-hydrogen) atoms. The molecule has 2 aromatic carbocycles. The lowest BCUT2D eigenvalue weighted by Gasteiger charge is -2.37. The number of para-hydroxylation sites is 1. The summed E-state index contributed by atoms with van der Waals surface area (Å²) in [6.07, 6.45) is 4.14. The van der Waals surface area contributed by atoms with Gasteiger partial charge in [0.1, 0.15) is 0 Å². The fourth-order valence-corrected chi connectivity index (χ4v) is 5.86. The van der Waals surface area contributed by atoms with E-state index in [1.54, 1.807) is 0 Å². The number of carbonyl (C=O) groups is 1. The average Bonchev–Trinajstić information content (AvgIpc) is 3.49. The molecule has 3 N–H and O–H groups in total. The first-order chi connectivity index (χ1) is 17.6. The van der Waals surface area contributed by atoms with E-state index in [0.717, 1.165) is 64.2 Å². The maximum absolute atomic E-state index is 13.1. The van der Waals surface area contributed by atoms with Crippen LogP contribution in [0.5, 0.6) is 0 Å². The number of H-pyrrole nitrogens is 1. The van der Waals surface area contributed by atoms with Crippen LogP contribution in [0.4, 0.5) is 4.79 Å². The first kappa shape index (κ1) is 24.8. The first-order valence-electron chi connectivity index (χ1n) is 13.2. The summed E-state index contributed by atoms with van der Waals surface area (Å²) >= 11 is 0. The topological polar surface area (TPSA) is 78.6 Å². The van der Waals surface area contributed by atoms with Crippen molar-refractivity contribution in [2.75, 3.05) is 45.9 Å². The van der Waals surface area contributed by atoms with E-state index in [1.165, 1.54) is 16.5 Å². The Balaban J connectivity index is 1.33. The van der Waals surface area contributed by atoms with Gasteiger partial charge in [-0.3, -0.25) is 10.2 Å². The molecule has 0 bridgehead atoms. The van der Waals surface area contributed by atoms with Crippen molar-refractivity contribution in [3.8, 4) is 0 Å². The zero-order chi connectivity index (χ0) is 24.8. The van der Waals surface area contributed by atoms with Crippen molar-refractivity contribution in [1.29, 1.82) is 0 Å². The molecule has 7 heteroatoms. The van der Waals surface area contributed by atoms with E-state index in [4.69, 9.17) is 9.47 Å². The molecule has 2 heterocycles. The maximum atomic E-state index is 13.1. The minimum atomic E-state index is -0.762. The molecule has 0 radical (unpaired) electrons. The molecule has 7 nitrogen and oxygen atoms in total. The minimum absolute atomic E-state index is 0.0550. The number of nitrogens with one attached hydrogen (secondary N) is 3. The Hall–Kier alpha value is -2.87. The van der Waals surface area contributed by atoms with Crippen molar-refractivity contribution < 1.29 is 14.3 Å². The van der Waals surface area contributed by atoms with Crippen LogP contribution in [-0.2, 0) is 15.9 Å². The number of aromatic nitrogens is 1. The number of amides is 1. The van der Waals surface area contributed by atoms with Crippen molar-refractivity contribution in [2.24, 2.45) is 5.92 Å². The van der Waals surface area contributed by atoms with Crippen LogP contribution in [0.25, 0.3) is 10.9 Å². The second-order valence-electron chi connectivity index (χ2n) is 10.2. The number of benzene rings is 2. The third-order valence-electron chi connectivity index (χ3n) is 7.60. The van der Waals surface area contributed by atoms with E-state index in [-0.39, 0.29) is 12.0 Å². The zero-order valence-electron chi connectivity index (χ0n) is 21.2.